The number of rotatable bonds is 6. The van der Waals surface area contributed by atoms with E-state index in [2.05, 4.69) is 31.1 Å². The first-order chi connectivity index (χ1) is 10.6. The predicted octanol–water partition coefficient (Wildman–Crippen LogP) is 5.32. The monoisotopic (exact) mass is 299 g/mol. The van der Waals surface area contributed by atoms with Crippen LogP contribution in [-0.2, 0) is 6.42 Å². The second-order valence-corrected chi connectivity index (χ2v) is 7.64. The maximum absolute atomic E-state index is 8.89. The molecule has 0 spiro atoms. The van der Waals surface area contributed by atoms with E-state index in [-0.39, 0.29) is 0 Å². The fraction of sp³-hybridized carbons (Fsp3) is 0.600. The van der Waals surface area contributed by atoms with Gasteiger partial charge in [-0.2, -0.15) is 0 Å². The number of hydrogen-bond donors (Lipinski definition) is 2. The van der Waals surface area contributed by atoms with Crippen LogP contribution in [-0.4, -0.2) is 5.21 Å². The van der Waals surface area contributed by atoms with Gasteiger partial charge >= 0.3 is 0 Å². The van der Waals surface area contributed by atoms with Gasteiger partial charge in [0.05, 0.1) is 5.70 Å². The summed E-state index contributed by atoms with van der Waals surface area (Å²) in [6.45, 7) is 6.16. The zero-order valence-corrected chi connectivity index (χ0v) is 13.8. The summed E-state index contributed by atoms with van der Waals surface area (Å²) in [5, 5.41) is 8.89. The van der Waals surface area contributed by atoms with Gasteiger partial charge in [-0.1, -0.05) is 44.2 Å². The summed E-state index contributed by atoms with van der Waals surface area (Å²) in [6, 6.07) is 8.44. The third kappa shape index (κ3) is 2.94. The zero-order valence-electron chi connectivity index (χ0n) is 13.8. The third-order valence-electron chi connectivity index (χ3n) is 6.69. The molecule has 0 atom stereocenters. The Bertz CT molecular complexity index is 507. The van der Waals surface area contributed by atoms with Crippen molar-refractivity contribution in [3.8, 4) is 0 Å². The first-order valence-electron chi connectivity index (χ1n) is 8.79. The van der Waals surface area contributed by atoms with Crippen molar-refractivity contribution in [2.75, 3.05) is 0 Å². The lowest BCUT2D eigenvalue weighted by Gasteiger charge is -2.53. The van der Waals surface area contributed by atoms with Crippen molar-refractivity contribution in [2.45, 2.75) is 64.7 Å². The van der Waals surface area contributed by atoms with E-state index in [0.717, 1.165) is 5.56 Å². The molecule has 2 heteroatoms. The highest BCUT2D eigenvalue weighted by molar-refractivity contribution is 5.60. The zero-order chi connectivity index (χ0) is 15.6. The summed E-state index contributed by atoms with van der Waals surface area (Å²) in [6.07, 6.45) is 12.6. The van der Waals surface area contributed by atoms with E-state index in [1.807, 2.05) is 12.1 Å². The maximum atomic E-state index is 8.89. The van der Waals surface area contributed by atoms with Crippen LogP contribution in [0.2, 0.25) is 0 Å². The normalized spacial score (nSPS) is 30.3. The molecule has 22 heavy (non-hydrogen) atoms. The minimum absolute atomic E-state index is 0.556. The molecule has 3 saturated carbocycles. The van der Waals surface area contributed by atoms with Gasteiger partial charge in [-0.05, 0) is 73.3 Å². The average molecular weight is 299 g/mol. The van der Waals surface area contributed by atoms with Crippen molar-refractivity contribution in [2.24, 2.45) is 10.8 Å². The van der Waals surface area contributed by atoms with E-state index >= 15 is 0 Å². The van der Waals surface area contributed by atoms with Crippen molar-refractivity contribution in [3.63, 3.8) is 0 Å². The SMILES string of the molecule is C=C(NO)c1ccc(CCC23CCC(CC)(CC2)CC3)cc1. The Morgan fingerprint density at radius 1 is 1.05 bits per heavy atom. The average Bonchev–Trinajstić information content (AvgIpc) is 2.61. The van der Waals surface area contributed by atoms with Gasteiger partial charge in [0.15, 0.2) is 0 Å². The van der Waals surface area contributed by atoms with Gasteiger partial charge in [0, 0.05) is 0 Å². The maximum Gasteiger partial charge on any atom is 0.0602 e. The number of benzene rings is 1. The lowest BCUT2D eigenvalue weighted by atomic mass is 9.52. The van der Waals surface area contributed by atoms with Crippen molar-refractivity contribution >= 4 is 5.70 Å². The van der Waals surface area contributed by atoms with E-state index in [0.29, 0.717) is 16.5 Å². The van der Waals surface area contributed by atoms with Crippen LogP contribution in [0.4, 0.5) is 0 Å². The minimum atomic E-state index is 0.556. The molecule has 0 heterocycles. The highest BCUT2D eigenvalue weighted by Gasteiger charge is 2.46. The van der Waals surface area contributed by atoms with Crippen molar-refractivity contribution < 1.29 is 5.21 Å². The quantitative estimate of drug-likeness (QED) is 0.697. The van der Waals surface area contributed by atoms with Gasteiger partial charge in [-0.3, -0.25) is 10.7 Å². The molecule has 0 aromatic heterocycles. The fourth-order valence-electron chi connectivity index (χ4n) is 4.59. The summed E-state index contributed by atoms with van der Waals surface area (Å²) in [7, 11) is 0. The van der Waals surface area contributed by atoms with Crippen LogP contribution in [0, 0.1) is 10.8 Å². The number of aryl methyl sites for hydroxylation is 1. The molecular weight excluding hydrogens is 270 g/mol. The highest BCUT2D eigenvalue weighted by atomic mass is 16.5. The van der Waals surface area contributed by atoms with Crippen molar-refractivity contribution in [1.82, 2.24) is 5.48 Å². The van der Waals surface area contributed by atoms with Gasteiger partial charge < -0.3 is 0 Å². The molecule has 1 aromatic rings. The minimum Gasteiger partial charge on any atom is -0.291 e. The highest BCUT2D eigenvalue weighted by Crippen LogP contribution is 2.59. The molecule has 0 aliphatic heterocycles. The van der Waals surface area contributed by atoms with Crippen LogP contribution >= 0.6 is 0 Å². The molecule has 3 fully saturated rings. The third-order valence-corrected chi connectivity index (χ3v) is 6.69. The summed E-state index contributed by atoms with van der Waals surface area (Å²) >= 11 is 0. The Balaban J connectivity index is 1.58. The van der Waals surface area contributed by atoms with Gasteiger partial charge in [0.25, 0.3) is 0 Å². The molecule has 4 rings (SSSR count). The van der Waals surface area contributed by atoms with Crippen LogP contribution in [0.3, 0.4) is 0 Å². The lowest BCUT2D eigenvalue weighted by Crippen LogP contribution is -2.41. The molecule has 1 aromatic carbocycles. The van der Waals surface area contributed by atoms with Crippen LogP contribution in [0.25, 0.3) is 5.70 Å². The van der Waals surface area contributed by atoms with Crippen LogP contribution in [0.15, 0.2) is 30.8 Å². The van der Waals surface area contributed by atoms with Crippen LogP contribution < -0.4 is 5.48 Å². The number of hydroxylamine groups is 1. The van der Waals surface area contributed by atoms with Gasteiger partial charge in [-0.15, -0.1) is 0 Å². The molecule has 0 saturated heterocycles. The molecule has 0 radical (unpaired) electrons. The summed E-state index contributed by atoms with van der Waals surface area (Å²) in [5.74, 6) is 0. The summed E-state index contributed by atoms with van der Waals surface area (Å²) in [5.41, 5.74) is 6.37. The molecule has 3 aliphatic rings. The molecule has 2 bridgehead atoms. The lowest BCUT2D eigenvalue weighted by molar-refractivity contribution is -0.0162. The standard InChI is InChI=1S/C20H29NO/c1-3-19-10-13-20(14-11-19,15-12-19)9-8-17-4-6-18(7-5-17)16(2)21-22/h4-7,21-22H,2-3,8-15H2,1H3. The Kier molecular flexibility index (Phi) is 4.31. The van der Waals surface area contributed by atoms with Gasteiger partial charge in [0.2, 0.25) is 0 Å². The van der Waals surface area contributed by atoms with Crippen LogP contribution in [0.5, 0.6) is 0 Å². The largest absolute Gasteiger partial charge is 0.291 e. The van der Waals surface area contributed by atoms with Crippen molar-refractivity contribution in [3.05, 3.63) is 42.0 Å². The van der Waals surface area contributed by atoms with E-state index in [9.17, 15) is 0 Å². The molecular formula is C20H29NO. The summed E-state index contributed by atoms with van der Waals surface area (Å²) < 4.78 is 0. The van der Waals surface area contributed by atoms with Gasteiger partial charge in [0.1, 0.15) is 0 Å². The Labute approximate surface area is 134 Å². The number of fused-ring (bicyclic) bond motifs is 3. The molecule has 3 aliphatic carbocycles. The number of hydrogen-bond acceptors (Lipinski definition) is 2. The molecule has 2 nitrogen and oxygen atoms in total. The Morgan fingerprint density at radius 2 is 1.59 bits per heavy atom. The van der Waals surface area contributed by atoms with Crippen molar-refractivity contribution in [1.29, 1.82) is 0 Å². The van der Waals surface area contributed by atoms with Crippen LogP contribution in [0.1, 0.15) is 69.4 Å². The van der Waals surface area contributed by atoms with E-state index in [4.69, 9.17) is 5.21 Å². The van der Waals surface area contributed by atoms with E-state index in [1.165, 1.54) is 63.4 Å². The first-order valence-corrected chi connectivity index (χ1v) is 8.79. The van der Waals surface area contributed by atoms with Gasteiger partial charge in [-0.25, -0.2) is 0 Å². The molecule has 0 unspecified atom stereocenters. The number of nitrogens with one attached hydrogen (secondary N) is 1. The summed E-state index contributed by atoms with van der Waals surface area (Å²) in [4.78, 5) is 0. The topological polar surface area (TPSA) is 32.3 Å². The second-order valence-electron chi connectivity index (χ2n) is 7.64. The van der Waals surface area contributed by atoms with E-state index in [1.54, 1.807) is 0 Å². The fourth-order valence-corrected chi connectivity index (χ4v) is 4.59. The molecule has 0 amide bonds. The molecule has 2 N–H and O–H groups in total. The predicted molar refractivity (Wildman–Crippen MR) is 91.6 cm³/mol. The Hall–Kier alpha value is -1.28. The molecule has 120 valence electrons. The Morgan fingerprint density at radius 3 is 2.09 bits per heavy atom. The first kappa shape index (κ1) is 15.6. The smallest absolute Gasteiger partial charge is 0.0602 e. The second kappa shape index (κ2) is 6.08. The van der Waals surface area contributed by atoms with E-state index < -0.39 is 0 Å².